The van der Waals surface area contributed by atoms with E-state index in [4.69, 9.17) is 24.0 Å². The number of benzene rings is 2. The number of nitrogens with one attached hydrogen (secondary N) is 2. The SMILES string of the molecule is CNC(=S)NP(=S)(c1ccccc1)c1ccccc1. The molecule has 0 fully saturated rings. The molecule has 0 unspecified atom stereocenters. The standard InChI is InChI=1S/C14H15N2PS2/c1-15-14(18)16-17(19,12-8-4-2-5-9-12)13-10-6-3-7-11-13/h2-11H,1H3,(H2,15,16,18,19). The van der Waals surface area contributed by atoms with Gasteiger partial charge in [-0.2, -0.15) is 0 Å². The van der Waals surface area contributed by atoms with Crippen LogP contribution in [0.1, 0.15) is 0 Å². The predicted octanol–water partition coefficient (Wildman–Crippen LogP) is 2.13. The molecule has 98 valence electrons. The van der Waals surface area contributed by atoms with Gasteiger partial charge in [0.1, 0.15) is 0 Å². The first-order valence-electron chi connectivity index (χ1n) is 5.88. The van der Waals surface area contributed by atoms with Gasteiger partial charge in [-0.25, -0.2) is 0 Å². The summed E-state index contributed by atoms with van der Waals surface area (Å²) < 4.78 is 0. The Bertz CT molecular complexity index is 556. The highest BCUT2D eigenvalue weighted by Crippen LogP contribution is 2.38. The molecule has 0 saturated heterocycles. The Morgan fingerprint density at radius 2 is 1.32 bits per heavy atom. The van der Waals surface area contributed by atoms with Crippen LogP contribution in [0, 0.1) is 0 Å². The predicted molar refractivity (Wildman–Crippen MR) is 91.2 cm³/mol. The summed E-state index contributed by atoms with van der Waals surface area (Å²) in [6.45, 7) is 0. The molecule has 0 aromatic heterocycles. The lowest BCUT2D eigenvalue weighted by molar-refractivity contribution is 1.15. The van der Waals surface area contributed by atoms with Crippen LogP contribution in [0.4, 0.5) is 0 Å². The maximum atomic E-state index is 5.95. The summed E-state index contributed by atoms with van der Waals surface area (Å²) in [5.41, 5.74) is 0. The molecule has 2 N–H and O–H groups in total. The molecule has 0 atom stereocenters. The van der Waals surface area contributed by atoms with Gasteiger partial charge in [-0.15, -0.1) is 0 Å². The lowest BCUT2D eigenvalue weighted by atomic mass is 10.4. The molecular formula is C14H15N2PS2. The molecule has 19 heavy (non-hydrogen) atoms. The Morgan fingerprint density at radius 3 is 1.68 bits per heavy atom. The van der Waals surface area contributed by atoms with Crippen molar-refractivity contribution in [1.82, 2.24) is 10.4 Å². The van der Waals surface area contributed by atoms with Crippen molar-refractivity contribution in [2.75, 3.05) is 7.05 Å². The van der Waals surface area contributed by atoms with Crippen molar-refractivity contribution in [3.05, 3.63) is 60.7 Å². The first-order chi connectivity index (χ1) is 9.16. The largest absolute Gasteiger partial charge is 0.366 e. The van der Waals surface area contributed by atoms with Crippen LogP contribution < -0.4 is 21.0 Å². The zero-order valence-electron chi connectivity index (χ0n) is 10.5. The van der Waals surface area contributed by atoms with Crippen molar-refractivity contribution >= 4 is 45.9 Å². The van der Waals surface area contributed by atoms with Crippen LogP contribution in [0.3, 0.4) is 0 Å². The third kappa shape index (κ3) is 3.21. The van der Waals surface area contributed by atoms with Gasteiger partial charge in [-0.05, 0) is 12.2 Å². The number of rotatable bonds is 3. The molecule has 0 aliphatic rings. The van der Waals surface area contributed by atoms with E-state index in [0.717, 1.165) is 10.6 Å². The van der Waals surface area contributed by atoms with Gasteiger partial charge < -0.3 is 10.4 Å². The quantitative estimate of drug-likeness (QED) is 0.670. The fourth-order valence-electron chi connectivity index (χ4n) is 1.75. The van der Waals surface area contributed by atoms with Gasteiger partial charge in [0.15, 0.2) is 5.11 Å². The highest BCUT2D eigenvalue weighted by atomic mass is 32.4. The van der Waals surface area contributed by atoms with Crippen LogP contribution in [-0.4, -0.2) is 12.2 Å². The van der Waals surface area contributed by atoms with E-state index in [9.17, 15) is 0 Å². The molecule has 0 spiro atoms. The second-order valence-corrected chi connectivity index (χ2v) is 8.50. The van der Waals surface area contributed by atoms with Crippen molar-refractivity contribution < 1.29 is 0 Å². The van der Waals surface area contributed by atoms with Gasteiger partial charge in [0, 0.05) is 17.7 Å². The number of hydrogen-bond acceptors (Lipinski definition) is 2. The summed E-state index contributed by atoms with van der Waals surface area (Å²) in [6.07, 6.45) is -2.12. The van der Waals surface area contributed by atoms with Crippen molar-refractivity contribution in [2.45, 2.75) is 0 Å². The molecule has 5 heteroatoms. The summed E-state index contributed by atoms with van der Waals surface area (Å²) in [6, 6.07) is 20.2. The zero-order valence-corrected chi connectivity index (χ0v) is 13.1. The van der Waals surface area contributed by atoms with Gasteiger partial charge in [-0.3, -0.25) is 0 Å². The Kier molecular flexibility index (Phi) is 4.70. The second kappa shape index (κ2) is 6.29. The average molecular weight is 306 g/mol. The minimum atomic E-state index is -2.12. The zero-order chi connectivity index (χ0) is 13.7. The normalized spacial score (nSPS) is 10.8. The minimum Gasteiger partial charge on any atom is -0.366 e. The van der Waals surface area contributed by atoms with Gasteiger partial charge >= 0.3 is 0 Å². The maximum absolute atomic E-state index is 5.95. The van der Waals surface area contributed by atoms with E-state index in [2.05, 4.69) is 34.7 Å². The highest BCUT2D eigenvalue weighted by molar-refractivity contribution is 8.21. The number of thiocarbonyl (C=S) groups is 1. The summed E-state index contributed by atoms with van der Waals surface area (Å²) in [5, 5.41) is 9.05. The van der Waals surface area contributed by atoms with Crippen molar-refractivity contribution in [3.8, 4) is 0 Å². The molecule has 2 nitrogen and oxygen atoms in total. The molecule has 0 aliphatic carbocycles. The van der Waals surface area contributed by atoms with E-state index in [1.807, 2.05) is 36.4 Å². The molecular weight excluding hydrogens is 291 g/mol. The Morgan fingerprint density at radius 1 is 0.895 bits per heavy atom. The van der Waals surface area contributed by atoms with Crippen LogP contribution in [0.2, 0.25) is 0 Å². The molecule has 0 saturated carbocycles. The molecule has 0 bridgehead atoms. The third-order valence-electron chi connectivity index (χ3n) is 2.73. The molecule has 2 aromatic carbocycles. The smallest absolute Gasteiger partial charge is 0.170 e. The van der Waals surface area contributed by atoms with Gasteiger partial charge in [0.05, 0.1) is 6.19 Å². The lowest BCUT2D eigenvalue weighted by Gasteiger charge is -2.25. The topological polar surface area (TPSA) is 24.1 Å². The first kappa shape index (κ1) is 14.2. The molecule has 0 heterocycles. The molecule has 0 radical (unpaired) electrons. The summed E-state index contributed by atoms with van der Waals surface area (Å²) >= 11 is 11.2. The Hall–Kier alpha value is -1.22. The van der Waals surface area contributed by atoms with Crippen LogP contribution >= 0.6 is 18.4 Å². The van der Waals surface area contributed by atoms with E-state index in [1.165, 1.54) is 0 Å². The maximum Gasteiger partial charge on any atom is 0.170 e. The molecule has 2 aromatic rings. The van der Waals surface area contributed by atoms with Crippen molar-refractivity contribution in [1.29, 1.82) is 0 Å². The summed E-state index contributed by atoms with van der Waals surface area (Å²) in [4.78, 5) is 0. The number of hydrogen-bond donors (Lipinski definition) is 2. The lowest BCUT2D eigenvalue weighted by Crippen LogP contribution is -2.36. The van der Waals surface area contributed by atoms with Gasteiger partial charge in [0.25, 0.3) is 0 Å². The van der Waals surface area contributed by atoms with E-state index < -0.39 is 6.19 Å². The highest BCUT2D eigenvalue weighted by Gasteiger charge is 2.22. The molecule has 2 rings (SSSR count). The van der Waals surface area contributed by atoms with Crippen LogP contribution in [0.25, 0.3) is 0 Å². The molecule has 0 aliphatic heterocycles. The molecule has 0 amide bonds. The summed E-state index contributed by atoms with van der Waals surface area (Å²) in [7, 11) is 1.80. The fraction of sp³-hybridized carbons (Fsp3) is 0.0714. The Balaban J connectivity index is 2.51. The first-order valence-corrected chi connectivity index (χ1v) is 9.09. The monoisotopic (exact) mass is 306 g/mol. The fourth-order valence-corrected chi connectivity index (χ4v) is 5.48. The van der Waals surface area contributed by atoms with Crippen LogP contribution in [0.5, 0.6) is 0 Å². The van der Waals surface area contributed by atoms with Crippen LogP contribution in [-0.2, 0) is 11.8 Å². The van der Waals surface area contributed by atoms with E-state index in [0.29, 0.717) is 5.11 Å². The van der Waals surface area contributed by atoms with E-state index >= 15 is 0 Å². The van der Waals surface area contributed by atoms with E-state index in [-0.39, 0.29) is 0 Å². The van der Waals surface area contributed by atoms with Crippen molar-refractivity contribution in [2.24, 2.45) is 0 Å². The van der Waals surface area contributed by atoms with Crippen LogP contribution in [0.15, 0.2) is 60.7 Å². The van der Waals surface area contributed by atoms with E-state index in [1.54, 1.807) is 7.05 Å². The Labute approximate surface area is 124 Å². The second-order valence-electron chi connectivity index (χ2n) is 3.97. The van der Waals surface area contributed by atoms with Gasteiger partial charge in [0.2, 0.25) is 0 Å². The summed E-state index contributed by atoms with van der Waals surface area (Å²) in [5.74, 6) is 0. The average Bonchev–Trinajstić information content (AvgIpc) is 2.48. The van der Waals surface area contributed by atoms with Gasteiger partial charge in [-0.1, -0.05) is 72.5 Å². The van der Waals surface area contributed by atoms with Crippen molar-refractivity contribution in [3.63, 3.8) is 0 Å². The minimum absolute atomic E-state index is 0.580. The third-order valence-corrected chi connectivity index (χ3v) is 7.31.